The molecule has 0 radical (unpaired) electrons. The van der Waals surface area contributed by atoms with E-state index >= 15 is 0 Å². The Morgan fingerprint density at radius 3 is 1.66 bits per heavy atom. The van der Waals surface area contributed by atoms with E-state index in [0.29, 0.717) is 0 Å². The Balaban J connectivity index is 0.000000118. The van der Waals surface area contributed by atoms with Gasteiger partial charge in [0.05, 0.1) is 0 Å². The fraction of sp³-hybridized carbons (Fsp3) is 0.122. The highest BCUT2D eigenvalue weighted by atomic mass is 14.9. The summed E-state index contributed by atoms with van der Waals surface area (Å²) in [6, 6.07) is 52.3. The summed E-state index contributed by atoms with van der Waals surface area (Å²) < 4.78 is 12.8. The van der Waals surface area contributed by atoms with Crippen LogP contribution in [0, 0.1) is 41.5 Å². The van der Waals surface area contributed by atoms with Crippen molar-refractivity contribution in [3.63, 3.8) is 0 Å². The molecule has 6 aliphatic rings. The largest absolute Gasteiger partial charge is 0.324 e. The molecule has 0 spiro atoms. The van der Waals surface area contributed by atoms with Crippen LogP contribution in [0.1, 0.15) is 61.7 Å². The third kappa shape index (κ3) is 15.8. The number of pyridine rings is 6. The van der Waals surface area contributed by atoms with Crippen molar-refractivity contribution >= 4 is 33.1 Å². The van der Waals surface area contributed by atoms with E-state index in [-0.39, 0.29) is 7.43 Å². The standard InChI is InChI=1S/6C9H9N.3C9H8.CH4/c1-8-4-2-6-10-7-3-5-9(8)10;1-8-4-2-5-9-6-3-7-10(8)9;1-8-4-5-9-3-2-6-10(9)7-8;1-8-4-6-10-5-2-3-9(10)7-8;1-8-5-7-10-6-3-2-4-9(8)10;1-8-6-9-4-2-3-5-10(9)7-8;1-7-5-8-3-2-4-9(8)6-7;2*1-7-5-6-8-3-2-4-9(7)8;/h6*2-7H,1H3;3*2-6H,1H3;1H4. The Morgan fingerprint density at radius 2 is 0.886 bits per heavy atom. The Labute approximate surface area is 521 Å². The Bertz CT molecular complexity index is 4570. The second-order valence-corrected chi connectivity index (χ2v) is 22.4. The number of fused-ring (bicyclic) bond motifs is 9. The molecule has 0 saturated heterocycles. The smallest absolute Gasteiger partial charge is 0.0479 e. The maximum absolute atomic E-state index is 2.20. The predicted octanol–water partition coefficient (Wildman–Crippen LogP) is 21.2. The molecule has 0 atom stereocenters. The van der Waals surface area contributed by atoms with Crippen molar-refractivity contribution in [1.82, 2.24) is 26.4 Å². The first-order chi connectivity index (χ1) is 42.3. The number of hydrogen-bond acceptors (Lipinski definition) is 0. The minimum atomic E-state index is 0. The van der Waals surface area contributed by atoms with Gasteiger partial charge in [-0.15, -0.1) is 0 Å². The SMILES string of the molecule is C.CC1=C2C=CC=C2C=C1.CC1=CC2=CC=CC2=C1.CC1=CC=C2C=CC=C12.Cc1cc2ccccn2c1.Cc1ccc2cccn2c1.Cc1cccc2cccn12.Cc1cccn2cccc12.Cc1ccn2cccc2c1.Cc1ccn2ccccc12. The molecular formula is C82H82N6. The highest BCUT2D eigenvalue weighted by molar-refractivity contribution is 5.65. The molecular weight excluding hydrogens is 1070 g/mol. The lowest BCUT2D eigenvalue weighted by Crippen LogP contribution is -1.85. The molecule has 6 heteroatoms. The van der Waals surface area contributed by atoms with Gasteiger partial charge in [0.1, 0.15) is 0 Å². The molecule has 0 unspecified atom stereocenters. The van der Waals surface area contributed by atoms with E-state index in [2.05, 4.69) is 388 Å². The summed E-state index contributed by atoms with van der Waals surface area (Å²) in [5.41, 5.74) is 27.9. The fourth-order valence-electron chi connectivity index (χ4n) is 10.9. The summed E-state index contributed by atoms with van der Waals surface area (Å²) >= 11 is 0. The number of nitrogens with zero attached hydrogens (tertiary/aromatic N) is 6. The summed E-state index contributed by atoms with van der Waals surface area (Å²) in [5, 5.41) is 0. The molecule has 6 aliphatic carbocycles. The van der Waals surface area contributed by atoms with Gasteiger partial charge < -0.3 is 26.4 Å². The van der Waals surface area contributed by atoms with Gasteiger partial charge in [0.25, 0.3) is 0 Å². The molecule has 18 rings (SSSR count). The summed E-state index contributed by atoms with van der Waals surface area (Å²) in [6.45, 7) is 19.1. The minimum absolute atomic E-state index is 0. The molecule has 0 N–H and O–H groups in total. The predicted molar refractivity (Wildman–Crippen MR) is 377 cm³/mol. The van der Waals surface area contributed by atoms with Crippen LogP contribution in [-0.2, 0) is 0 Å². The topological polar surface area (TPSA) is 26.5 Å². The van der Waals surface area contributed by atoms with Crippen molar-refractivity contribution in [3.05, 3.63) is 395 Å². The van der Waals surface area contributed by atoms with E-state index in [9.17, 15) is 0 Å². The van der Waals surface area contributed by atoms with E-state index in [1.807, 2.05) is 12.1 Å². The molecule has 0 saturated carbocycles. The van der Waals surface area contributed by atoms with Gasteiger partial charge in [0.2, 0.25) is 0 Å². The lowest BCUT2D eigenvalue weighted by atomic mass is 10.1. The van der Waals surface area contributed by atoms with Crippen LogP contribution in [0.4, 0.5) is 0 Å². The van der Waals surface area contributed by atoms with Crippen molar-refractivity contribution in [2.45, 2.75) is 69.7 Å². The molecule has 0 aromatic carbocycles. The second kappa shape index (κ2) is 29.5. The monoisotopic (exact) mass is 1150 g/mol. The van der Waals surface area contributed by atoms with Crippen LogP contribution in [0.5, 0.6) is 0 Å². The van der Waals surface area contributed by atoms with Crippen molar-refractivity contribution in [3.8, 4) is 0 Å². The van der Waals surface area contributed by atoms with E-state index in [4.69, 9.17) is 0 Å². The van der Waals surface area contributed by atoms with Gasteiger partial charge >= 0.3 is 0 Å². The average Bonchev–Trinajstić information content (AvgIpc) is 4.42. The Kier molecular flexibility index (Phi) is 20.8. The molecule has 0 fully saturated rings. The first-order valence-electron chi connectivity index (χ1n) is 29.8. The summed E-state index contributed by atoms with van der Waals surface area (Å²) in [5.74, 6) is 0. The fourth-order valence-corrected chi connectivity index (χ4v) is 10.9. The summed E-state index contributed by atoms with van der Waals surface area (Å²) in [4.78, 5) is 0. The van der Waals surface area contributed by atoms with Crippen LogP contribution >= 0.6 is 0 Å². The summed E-state index contributed by atoms with van der Waals surface area (Å²) in [7, 11) is 0. The molecule has 6 nitrogen and oxygen atoms in total. The average molecular weight is 1150 g/mol. The van der Waals surface area contributed by atoms with E-state index < -0.39 is 0 Å². The molecule has 0 bridgehead atoms. The third-order valence-corrected chi connectivity index (χ3v) is 15.5. The van der Waals surface area contributed by atoms with Crippen LogP contribution in [0.25, 0.3) is 33.1 Å². The zero-order valence-corrected chi connectivity index (χ0v) is 51.6. The number of hydrogen-bond donors (Lipinski definition) is 0. The van der Waals surface area contributed by atoms with Crippen LogP contribution in [0.3, 0.4) is 0 Å². The Hall–Kier alpha value is -10.6. The molecule has 12 aromatic heterocycles. The van der Waals surface area contributed by atoms with Crippen LogP contribution < -0.4 is 0 Å². The van der Waals surface area contributed by atoms with E-state index in [1.165, 1.54) is 117 Å². The normalized spacial score (nSPS) is 13.7. The van der Waals surface area contributed by atoms with Gasteiger partial charge in [0, 0.05) is 107 Å². The number of aryl methyl sites for hydroxylation is 6. The maximum Gasteiger partial charge on any atom is 0.0479 e. The van der Waals surface area contributed by atoms with Crippen molar-refractivity contribution < 1.29 is 0 Å². The number of rotatable bonds is 0. The zero-order valence-electron chi connectivity index (χ0n) is 51.6. The van der Waals surface area contributed by atoms with Gasteiger partial charge in [0.15, 0.2) is 0 Å². The van der Waals surface area contributed by atoms with Crippen molar-refractivity contribution in [2.75, 3.05) is 0 Å². The zero-order chi connectivity index (χ0) is 60.7. The van der Waals surface area contributed by atoms with Gasteiger partial charge in [-0.2, -0.15) is 0 Å². The minimum Gasteiger partial charge on any atom is -0.324 e. The van der Waals surface area contributed by atoms with Gasteiger partial charge in [-0.25, -0.2) is 0 Å². The molecule has 12 aromatic rings. The molecule has 440 valence electrons. The summed E-state index contributed by atoms with van der Waals surface area (Å²) in [6.07, 6.45) is 55.0. The molecule has 0 aliphatic heterocycles. The second-order valence-electron chi connectivity index (χ2n) is 22.4. The van der Waals surface area contributed by atoms with E-state index in [0.717, 1.165) is 0 Å². The molecule has 88 heavy (non-hydrogen) atoms. The quantitative estimate of drug-likeness (QED) is 0.145. The van der Waals surface area contributed by atoms with E-state index in [1.54, 1.807) is 0 Å². The lowest BCUT2D eigenvalue weighted by Gasteiger charge is -1.97. The highest BCUT2D eigenvalue weighted by Crippen LogP contribution is 2.31. The maximum atomic E-state index is 2.20. The van der Waals surface area contributed by atoms with Crippen LogP contribution in [-0.4, -0.2) is 26.4 Å². The number of allylic oxidation sites excluding steroid dienone is 24. The Morgan fingerprint density at radius 1 is 0.318 bits per heavy atom. The highest BCUT2D eigenvalue weighted by Gasteiger charge is 2.12. The first-order valence-corrected chi connectivity index (χ1v) is 29.8. The molecule has 0 amide bonds. The third-order valence-electron chi connectivity index (χ3n) is 15.5. The van der Waals surface area contributed by atoms with Crippen molar-refractivity contribution in [2.24, 2.45) is 0 Å². The van der Waals surface area contributed by atoms with Gasteiger partial charge in [-0.05, 0) is 262 Å². The van der Waals surface area contributed by atoms with Gasteiger partial charge in [-0.3, -0.25) is 0 Å². The van der Waals surface area contributed by atoms with Crippen LogP contribution in [0.15, 0.2) is 361 Å². The van der Waals surface area contributed by atoms with Crippen molar-refractivity contribution in [1.29, 1.82) is 0 Å². The van der Waals surface area contributed by atoms with Crippen LogP contribution in [0.2, 0.25) is 0 Å². The first kappa shape index (κ1) is 62.0. The number of aromatic nitrogens is 6. The molecule has 12 heterocycles. The lowest BCUT2D eigenvalue weighted by molar-refractivity contribution is 1.10. The van der Waals surface area contributed by atoms with Gasteiger partial charge in [-0.1, -0.05) is 129 Å².